The molecule has 1 heterocycles. The van der Waals surface area contributed by atoms with E-state index in [9.17, 15) is 15.0 Å². The molecule has 4 nitrogen and oxygen atoms in total. The number of hydrogen-bond donors (Lipinski definition) is 2. The lowest BCUT2D eigenvalue weighted by Crippen LogP contribution is -2.30. The molecule has 0 radical (unpaired) electrons. The zero-order valence-corrected chi connectivity index (χ0v) is 11.1. The van der Waals surface area contributed by atoms with Crippen molar-refractivity contribution in [2.24, 2.45) is 5.92 Å². The molecule has 2 aliphatic rings. The summed E-state index contributed by atoms with van der Waals surface area (Å²) in [6.45, 7) is 9.47. The molecule has 19 heavy (non-hydrogen) atoms. The van der Waals surface area contributed by atoms with E-state index in [0.29, 0.717) is 30.4 Å². The van der Waals surface area contributed by atoms with Crippen molar-refractivity contribution in [3.8, 4) is 0 Å². The predicted octanol–water partition coefficient (Wildman–Crippen LogP) is 1.49. The Bertz CT molecular complexity index is 449. The van der Waals surface area contributed by atoms with Gasteiger partial charge in [0.2, 0.25) is 0 Å². The summed E-state index contributed by atoms with van der Waals surface area (Å²) in [5.74, 6) is -0.925. The second-order valence-corrected chi connectivity index (χ2v) is 5.42. The standard InChI is InChI=1S/C15H20O4/c1-8-4-5-11(16)9(2)7-13-14(12(17)6-8)10(3)15(18)19-13/h6,11-14,16-17H,2-5,7H2,1H3/t11-,12-,13+,14+/m1/s1. The molecule has 1 aliphatic heterocycles. The number of carbonyl (C=O) groups is 1. The highest BCUT2D eigenvalue weighted by Gasteiger charge is 2.42. The fourth-order valence-corrected chi connectivity index (χ4v) is 2.68. The molecule has 4 heteroatoms. The number of fused-ring (bicyclic) bond motifs is 1. The van der Waals surface area contributed by atoms with Crippen LogP contribution >= 0.6 is 0 Å². The van der Waals surface area contributed by atoms with Crippen LogP contribution in [-0.4, -0.2) is 34.5 Å². The highest BCUT2D eigenvalue weighted by atomic mass is 16.6. The summed E-state index contributed by atoms with van der Waals surface area (Å²) in [7, 11) is 0. The van der Waals surface area contributed by atoms with Gasteiger partial charge in [0.05, 0.1) is 18.1 Å². The van der Waals surface area contributed by atoms with E-state index in [1.54, 1.807) is 6.08 Å². The van der Waals surface area contributed by atoms with Crippen LogP contribution in [0.4, 0.5) is 0 Å². The molecule has 1 aliphatic carbocycles. The van der Waals surface area contributed by atoms with E-state index in [1.165, 1.54) is 0 Å². The minimum Gasteiger partial charge on any atom is -0.458 e. The van der Waals surface area contributed by atoms with Crippen LogP contribution in [0.1, 0.15) is 26.2 Å². The fourth-order valence-electron chi connectivity index (χ4n) is 2.68. The third-order valence-corrected chi connectivity index (χ3v) is 3.89. The highest BCUT2D eigenvalue weighted by molar-refractivity contribution is 5.91. The molecule has 0 spiro atoms. The molecule has 0 saturated carbocycles. The van der Waals surface area contributed by atoms with Gasteiger partial charge in [0.15, 0.2) is 0 Å². The number of esters is 1. The van der Waals surface area contributed by atoms with Crippen molar-refractivity contribution in [1.82, 2.24) is 0 Å². The second kappa shape index (κ2) is 5.31. The Balaban J connectivity index is 2.33. The van der Waals surface area contributed by atoms with Gasteiger partial charge in [0, 0.05) is 12.0 Å². The molecule has 0 bridgehead atoms. The van der Waals surface area contributed by atoms with E-state index in [1.807, 2.05) is 6.92 Å². The second-order valence-electron chi connectivity index (χ2n) is 5.42. The predicted molar refractivity (Wildman–Crippen MR) is 71.3 cm³/mol. The van der Waals surface area contributed by atoms with Gasteiger partial charge in [0.25, 0.3) is 0 Å². The van der Waals surface area contributed by atoms with Gasteiger partial charge in [-0.2, -0.15) is 0 Å². The van der Waals surface area contributed by atoms with Crippen LogP contribution in [0, 0.1) is 5.92 Å². The van der Waals surface area contributed by atoms with Gasteiger partial charge >= 0.3 is 5.97 Å². The number of ether oxygens (including phenoxy) is 1. The number of aliphatic hydroxyl groups is 2. The van der Waals surface area contributed by atoms with E-state index >= 15 is 0 Å². The van der Waals surface area contributed by atoms with E-state index in [0.717, 1.165) is 5.57 Å². The molecular weight excluding hydrogens is 244 g/mol. The van der Waals surface area contributed by atoms with Crippen molar-refractivity contribution >= 4 is 5.97 Å². The molecule has 0 aromatic heterocycles. The summed E-state index contributed by atoms with van der Waals surface area (Å²) in [6, 6.07) is 0. The lowest BCUT2D eigenvalue weighted by Gasteiger charge is -2.25. The largest absolute Gasteiger partial charge is 0.458 e. The molecule has 1 saturated heterocycles. The molecule has 0 unspecified atom stereocenters. The Morgan fingerprint density at radius 2 is 2.05 bits per heavy atom. The first-order valence-corrected chi connectivity index (χ1v) is 6.51. The average Bonchev–Trinajstić information content (AvgIpc) is 2.60. The minimum absolute atomic E-state index is 0.296. The monoisotopic (exact) mass is 264 g/mol. The van der Waals surface area contributed by atoms with E-state index < -0.39 is 30.2 Å². The lowest BCUT2D eigenvalue weighted by molar-refractivity contribution is -0.139. The number of aliphatic hydroxyl groups excluding tert-OH is 2. The number of allylic oxidation sites excluding steroid dienone is 1. The number of carbonyl (C=O) groups excluding carboxylic acids is 1. The number of rotatable bonds is 0. The number of hydrogen-bond acceptors (Lipinski definition) is 4. The van der Waals surface area contributed by atoms with Gasteiger partial charge in [-0.3, -0.25) is 0 Å². The van der Waals surface area contributed by atoms with E-state index in [-0.39, 0.29) is 0 Å². The molecule has 0 aromatic carbocycles. The Labute approximate surface area is 113 Å². The average molecular weight is 264 g/mol. The van der Waals surface area contributed by atoms with Crippen molar-refractivity contribution in [3.63, 3.8) is 0 Å². The summed E-state index contributed by atoms with van der Waals surface area (Å²) in [5.41, 5.74) is 1.91. The van der Waals surface area contributed by atoms with Crippen LogP contribution in [0.15, 0.2) is 36.0 Å². The Hall–Kier alpha value is -1.39. The zero-order chi connectivity index (χ0) is 14.2. The molecular formula is C15H20O4. The van der Waals surface area contributed by atoms with E-state index in [2.05, 4.69) is 13.2 Å². The van der Waals surface area contributed by atoms with Crippen LogP contribution in [0.25, 0.3) is 0 Å². The normalized spacial score (nSPS) is 36.6. The quantitative estimate of drug-likeness (QED) is 0.395. The molecule has 4 atom stereocenters. The molecule has 1 fully saturated rings. The zero-order valence-electron chi connectivity index (χ0n) is 11.1. The Kier molecular flexibility index (Phi) is 3.92. The van der Waals surface area contributed by atoms with Crippen molar-refractivity contribution < 1.29 is 19.7 Å². The molecule has 104 valence electrons. The maximum Gasteiger partial charge on any atom is 0.334 e. The van der Waals surface area contributed by atoms with Gasteiger partial charge in [-0.05, 0) is 25.3 Å². The molecule has 2 N–H and O–H groups in total. The van der Waals surface area contributed by atoms with Gasteiger partial charge in [-0.15, -0.1) is 0 Å². The maximum absolute atomic E-state index is 11.6. The van der Waals surface area contributed by atoms with Gasteiger partial charge in [0.1, 0.15) is 6.10 Å². The maximum atomic E-state index is 11.6. The first-order valence-electron chi connectivity index (χ1n) is 6.51. The van der Waals surface area contributed by atoms with Crippen molar-refractivity contribution in [2.45, 2.75) is 44.5 Å². The smallest absolute Gasteiger partial charge is 0.334 e. The van der Waals surface area contributed by atoms with Crippen LogP contribution in [0.5, 0.6) is 0 Å². The molecule has 0 amide bonds. The first-order chi connectivity index (χ1) is 8.90. The summed E-state index contributed by atoms with van der Waals surface area (Å²) < 4.78 is 5.23. The van der Waals surface area contributed by atoms with E-state index in [4.69, 9.17) is 4.74 Å². The van der Waals surface area contributed by atoms with Crippen molar-refractivity contribution in [1.29, 1.82) is 0 Å². The molecule has 2 rings (SSSR count). The first kappa shape index (κ1) is 14.0. The third kappa shape index (κ3) is 2.80. The highest BCUT2D eigenvalue weighted by Crippen LogP contribution is 2.35. The Morgan fingerprint density at radius 3 is 2.74 bits per heavy atom. The minimum atomic E-state index is -0.785. The Morgan fingerprint density at radius 1 is 1.37 bits per heavy atom. The lowest BCUT2D eigenvalue weighted by atomic mass is 9.84. The summed E-state index contributed by atoms with van der Waals surface area (Å²) in [5, 5.41) is 20.2. The van der Waals surface area contributed by atoms with Crippen LogP contribution in [0.3, 0.4) is 0 Å². The van der Waals surface area contributed by atoms with Crippen LogP contribution in [0.2, 0.25) is 0 Å². The van der Waals surface area contributed by atoms with Gasteiger partial charge in [-0.25, -0.2) is 4.79 Å². The molecule has 0 aromatic rings. The van der Waals surface area contributed by atoms with Crippen LogP contribution < -0.4 is 0 Å². The summed E-state index contributed by atoms with van der Waals surface area (Å²) >= 11 is 0. The van der Waals surface area contributed by atoms with Crippen LogP contribution in [-0.2, 0) is 9.53 Å². The fraction of sp³-hybridized carbons (Fsp3) is 0.533. The topological polar surface area (TPSA) is 66.8 Å². The van der Waals surface area contributed by atoms with Crippen molar-refractivity contribution in [2.75, 3.05) is 0 Å². The van der Waals surface area contributed by atoms with Crippen molar-refractivity contribution in [3.05, 3.63) is 36.0 Å². The van der Waals surface area contributed by atoms with Gasteiger partial charge in [-0.1, -0.05) is 24.8 Å². The summed E-state index contributed by atoms with van der Waals surface area (Å²) in [4.78, 5) is 11.6. The summed E-state index contributed by atoms with van der Waals surface area (Å²) in [6.07, 6.45) is 1.47. The third-order valence-electron chi connectivity index (χ3n) is 3.89. The van der Waals surface area contributed by atoms with Gasteiger partial charge < -0.3 is 14.9 Å². The SMILES string of the molecule is C=C1C(=O)O[C@H]2CC(=C)[C@H](O)CCC(C)=C[C@@H](O)[C@H]12.